The van der Waals surface area contributed by atoms with Gasteiger partial charge < -0.3 is 15.2 Å². The molecule has 0 radical (unpaired) electrons. The van der Waals surface area contributed by atoms with Crippen LogP contribution in [0.2, 0.25) is 0 Å². The van der Waals surface area contributed by atoms with Crippen molar-refractivity contribution in [3.05, 3.63) is 30.9 Å². The van der Waals surface area contributed by atoms with Crippen LogP contribution in [0.5, 0.6) is 0 Å². The van der Waals surface area contributed by atoms with E-state index in [0.29, 0.717) is 11.2 Å². The lowest BCUT2D eigenvalue weighted by Gasteiger charge is -2.23. The van der Waals surface area contributed by atoms with Gasteiger partial charge in [-0.1, -0.05) is 0 Å². The summed E-state index contributed by atoms with van der Waals surface area (Å²) in [7, 11) is 0. The molecule has 1 saturated heterocycles. The summed E-state index contributed by atoms with van der Waals surface area (Å²) in [5.74, 6) is -0.646. The van der Waals surface area contributed by atoms with E-state index < -0.39 is 30.8 Å². The van der Waals surface area contributed by atoms with Gasteiger partial charge in [-0.15, -0.1) is 0 Å². The number of amides is 1. The SMILES string of the molecule is O=C(NCC(F)(F)F)C1CC(F)CN1c1ncnc(-c2c[nH]c3ncccc23)n1. The van der Waals surface area contributed by atoms with Gasteiger partial charge in [-0.05, 0) is 12.1 Å². The van der Waals surface area contributed by atoms with Gasteiger partial charge in [-0.25, -0.2) is 19.3 Å². The number of alkyl halides is 4. The Hall–Kier alpha value is -3.31. The molecule has 0 spiro atoms. The van der Waals surface area contributed by atoms with E-state index in [1.54, 1.807) is 23.8 Å². The Morgan fingerprint density at radius 3 is 2.93 bits per heavy atom. The van der Waals surface area contributed by atoms with Crippen molar-refractivity contribution in [2.75, 3.05) is 18.0 Å². The molecule has 152 valence electrons. The van der Waals surface area contributed by atoms with Crippen molar-refractivity contribution in [3.63, 3.8) is 0 Å². The standard InChI is InChI=1S/C17H15F4N7O/c18-9-4-12(15(29)24-7-17(19,20)21)28(6-9)16-26-8-25-14(27-16)11-5-23-13-10(11)2-1-3-22-13/h1-3,5,8-9,12H,4,6-7H2,(H,22,23)(H,24,29). The topological polar surface area (TPSA) is 99.7 Å². The highest BCUT2D eigenvalue weighted by Crippen LogP contribution is 2.28. The predicted octanol–water partition coefficient (Wildman–Crippen LogP) is 2.01. The van der Waals surface area contributed by atoms with E-state index >= 15 is 0 Å². The molecule has 12 heteroatoms. The van der Waals surface area contributed by atoms with Gasteiger partial charge in [-0.2, -0.15) is 18.2 Å². The first-order chi connectivity index (χ1) is 13.8. The average Bonchev–Trinajstić information content (AvgIpc) is 3.29. The zero-order valence-corrected chi connectivity index (χ0v) is 14.8. The molecule has 4 heterocycles. The van der Waals surface area contributed by atoms with Gasteiger partial charge >= 0.3 is 6.18 Å². The van der Waals surface area contributed by atoms with Gasteiger partial charge in [0.1, 0.15) is 30.7 Å². The fraction of sp³-hybridized carbons (Fsp3) is 0.353. The number of pyridine rings is 1. The Morgan fingerprint density at radius 2 is 2.14 bits per heavy atom. The van der Waals surface area contributed by atoms with Crippen LogP contribution < -0.4 is 10.2 Å². The second-order valence-corrected chi connectivity index (χ2v) is 6.55. The summed E-state index contributed by atoms with van der Waals surface area (Å²) in [6.45, 7) is -1.69. The highest BCUT2D eigenvalue weighted by Gasteiger charge is 2.40. The van der Waals surface area contributed by atoms with Crippen LogP contribution in [0.1, 0.15) is 6.42 Å². The molecule has 2 atom stereocenters. The molecule has 0 aliphatic carbocycles. The zero-order chi connectivity index (χ0) is 20.6. The van der Waals surface area contributed by atoms with E-state index in [1.807, 2.05) is 6.07 Å². The zero-order valence-electron chi connectivity index (χ0n) is 14.8. The Labute approximate surface area is 161 Å². The Kier molecular flexibility index (Phi) is 4.76. The lowest BCUT2D eigenvalue weighted by molar-refractivity contribution is -0.139. The van der Waals surface area contributed by atoms with E-state index in [2.05, 4.69) is 24.9 Å². The highest BCUT2D eigenvalue weighted by molar-refractivity contribution is 5.91. The molecule has 0 saturated carbocycles. The number of aromatic nitrogens is 5. The van der Waals surface area contributed by atoms with Gasteiger partial charge in [0.05, 0.1) is 6.54 Å². The number of halogens is 4. The number of hydrogen-bond donors (Lipinski definition) is 2. The summed E-state index contributed by atoms with van der Waals surface area (Å²) in [6.07, 6.45) is -1.71. The Morgan fingerprint density at radius 1 is 1.31 bits per heavy atom. The minimum Gasteiger partial charge on any atom is -0.345 e. The third-order valence-electron chi connectivity index (χ3n) is 4.52. The fourth-order valence-electron chi connectivity index (χ4n) is 3.26. The molecule has 0 bridgehead atoms. The molecule has 1 fully saturated rings. The molecule has 2 N–H and O–H groups in total. The quantitative estimate of drug-likeness (QED) is 0.640. The molecular weight excluding hydrogens is 394 g/mol. The fourth-order valence-corrected chi connectivity index (χ4v) is 3.26. The summed E-state index contributed by atoms with van der Waals surface area (Å²) >= 11 is 0. The Balaban J connectivity index is 1.62. The molecule has 29 heavy (non-hydrogen) atoms. The molecule has 2 unspecified atom stereocenters. The normalized spacial score (nSPS) is 19.7. The third kappa shape index (κ3) is 3.96. The number of rotatable bonds is 4. The maximum atomic E-state index is 14.0. The van der Waals surface area contributed by atoms with Gasteiger partial charge in [0.25, 0.3) is 0 Å². The van der Waals surface area contributed by atoms with E-state index in [9.17, 15) is 22.4 Å². The maximum absolute atomic E-state index is 14.0. The molecule has 1 aliphatic rings. The third-order valence-corrected chi connectivity index (χ3v) is 4.52. The molecule has 3 aromatic heterocycles. The second kappa shape index (κ2) is 7.26. The molecule has 3 aromatic rings. The summed E-state index contributed by atoms with van der Waals surface area (Å²) in [4.78, 5) is 33.1. The van der Waals surface area contributed by atoms with Crippen molar-refractivity contribution in [2.24, 2.45) is 0 Å². The van der Waals surface area contributed by atoms with Crippen molar-refractivity contribution >= 4 is 22.9 Å². The smallest absolute Gasteiger partial charge is 0.345 e. The van der Waals surface area contributed by atoms with E-state index in [1.165, 1.54) is 11.2 Å². The number of hydrogen-bond acceptors (Lipinski definition) is 6. The van der Waals surface area contributed by atoms with E-state index in [0.717, 1.165) is 5.39 Å². The average molecular weight is 409 g/mol. The van der Waals surface area contributed by atoms with Crippen LogP contribution in [0.15, 0.2) is 30.9 Å². The minimum absolute atomic E-state index is 0.0144. The van der Waals surface area contributed by atoms with Crippen LogP contribution in [0, 0.1) is 0 Å². The number of carbonyl (C=O) groups excluding carboxylic acids is 1. The summed E-state index contributed by atoms with van der Waals surface area (Å²) in [5.41, 5.74) is 1.25. The number of nitrogens with zero attached hydrogens (tertiary/aromatic N) is 5. The van der Waals surface area contributed by atoms with Crippen molar-refractivity contribution in [2.45, 2.75) is 24.8 Å². The molecule has 1 aliphatic heterocycles. The molecular formula is C17H15F4N7O. The Bertz CT molecular complexity index is 1040. The molecule has 8 nitrogen and oxygen atoms in total. The first kappa shape index (κ1) is 19.0. The largest absolute Gasteiger partial charge is 0.405 e. The summed E-state index contributed by atoms with van der Waals surface area (Å²) in [5, 5.41) is 2.55. The summed E-state index contributed by atoms with van der Waals surface area (Å²) < 4.78 is 51.2. The van der Waals surface area contributed by atoms with Crippen LogP contribution in [0.25, 0.3) is 22.4 Å². The predicted molar refractivity (Wildman–Crippen MR) is 94.6 cm³/mol. The second-order valence-electron chi connectivity index (χ2n) is 6.55. The van der Waals surface area contributed by atoms with Gasteiger partial charge in [0.15, 0.2) is 5.82 Å². The number of nitrogens with one attached hydrogen (secondary N) is 2. The molecule has 1 amide bonds. The number of carbonyl (C=O) groups is 1. The highest BCUT2D eigenvalue weighted by atomic mass is 19.4. The monoisotopic (exact) mass is 409 g/mol. The molecule has 4 rings (SSSR count). The lowest BCUT2D eigenvalue weighted by Crippen LogP contribution is -2.46. The van der Waals surface area contributed by atoms with Gasteiger partial charge in [-0.3, -0.25) is 4.79 Å². The van der Waals surface area contributed by atoms with Crippen LogP contribution in [0.4, 0.5) is 23.5 Å². The van der Waals surface area contributed by atoms with Gasteiger partial charge in [0.2, 0.25) is 11.9 Å². The van der Waals surface area contributed by atoms with Crippen LogP contribution >= 0.6 is 0 Å². The van der Waals surface area contributed by atoms with Crippen LogP contribution in [0.3, 0.4) is 0 Å². The number of H-pyrrole nitrogens is 1. The van der Waals surface area contributed by atoms with Crippen molar-refractivity contribution in [3.8, 4) is 11.4 Å². The number of anilines is 1. The summed E-state index contributed by atoms with van der Waals surface area (Å²) in [6, 6.07) is 2.42. The minimum atomic E-state index is -4.56. The number of fused-ring (bicyclic) bond motifs is 1. The first-order valence-corrected chi connectivity index (χ1v) is 8.68. The van der Waals surface area contributed by atoms with Crippen molar-refractivity contribution in [1.29, 1.82) is 0 Å². The lowest BCUT2D eigenvalue weighted by atomic mass is 10.2. The van der Waals surface area contributed by atoms with Crippen molar-refractivity contribution < 1.29 is 22.4 Å². The molecule has 0 aromatic carbocycles. The number of aromatic amines is 1. The van der Waals surface area contributed by atoms with E-state index in [-0.39, 0.29) is 24.7 Å². The first-order valence-electron chi connectivity index (χ1n) is 8.68. The maximum Gasteiger partial charge on any atom is 0.405 e. The van der Waals surface area contributed by atoms with Crippen molar-refractivity contribution in [1.82, 2.24) is 30.2 Å². The van der Waals surface area contributed by atoms with E-state index in [4.69, 9.17) is 0 Å². The van der Waals surface area contributed by atoms with Crippen LogP contribution in [-0.2, 0) is 4.79 Å². The van der Waals surface area contributed by atoms with Gasteiger partial charge in [0, 0.05) is 29.8 Å². The van der Waals surface area contributed by atoms with Crippen LogP contribution in [-0.4, -0.2) is 62.3 Å².